The lowest BCUT2D eigenvalue weighted by atomic mass is 10.2. The second-order valence-electron chi connectivity index (χ2n) is 4.67. The molecular formula is C14H18F3NO3. The first-order valence-electron chi connectivity index (χ1n) is 6.49. The van der Waals surface area contributed by atoms with Crippen LogP contribution in [0.5, 0.6) is 5.75 Å². The van der Waals surface area contributed by atoms with Gasteiger partial charge in [0.15, 0.2) is 0 Å². The normalized spacial score (nSPS) is 11.7. The lowest BCUT2D eigenvalue weighted by Crippen LogP contribution is -2.24. The summed E-state index contributed by atoms with van der Waals surface area (Å²) in [6, 6.07) is 4.74. The highest BCUT2D eigenvalue weighted by Gasteiger charge is 2.30. The van der Waals surface area contributed by atoms with E-state index in [4.69, 9.17) is 9.84 Å². The summed E-state index contributed by atoms with van der Waals surface area (Å²) < 4.78 is 42.8. The summed E-state index contributed by atoms with van der Waals surface area (Å²) in [6.07, 6.45) is -3.71. The van der Waals surface area contributed by atoms with Crippen molar-refractivity contribution in [2.75, 3.05) is 26.7 Å². The molecule has 0 aliphatic rings. The lowest BCUT2D eigenvalue weighted by molar-refractivity contribution is -0.138. The molecule has 0 aliphatic heterocycles. The second kappa shape index (κ2) is 7.87. The van der Waals surface area contributed by atoms with Crippen LogP contribution in [0, 0.1) is 0 Å². The third kappa shape index (κ3) is 6.99. The number of rotatable bonds is 8. The van der Waals surface area contributed by atoms with Crippen molar-refractivity contribution in [3.8, 4) is 5.75 Å². The van der Waals surface area contributed by atoms with E-state index in [9.17, 15) is 18.0 Å². The second-order valence-corrected chi connectivity index (χ2v) is 4.67. The van der Waals surface area contributed by atoms with Crippen LogP contribution in [0.15, 0.2) is 24.3 Å². The first kappa shape index (κ1) is 17.3. The molecule has 1 N–H and O–H groups in total. The predicted molar refractivity (Wildman–Crippen MR) is 71.3 cm³/mol. The number of nitrogens with zero attached hydrogens (tertiary/aromatic N) is 1. The summed E-state index contributed by atoms with van der Waals surface area (Å²) in [5.41, 5.74) is -0.737. The molecule has 4 nitrogen and oxygen atoms in total. The van der Waals surface area contributed by atoms with Gasteiger partial charge in [-0.3, -0.25) is 4.79 Å². The van der Waals surface area contributed by atoms with E-state index in [1.165, 1.54) is 12.1 Å². The molecule has 0 aromatic heterocycles. The van der Waals surface area contributed by atoms with Crippen molar-refractivity contribution in [3.63, 3.8) is 0 Å². The smallest absolute Gasteiger partial charge is 0.416 e. The monoisotopic (exact) mass is 305 g/mol. The van der Waals surface area contributed by atoms with Crippen molar-refractivity contribution in [2.45, 2.75) is 19.0 Å². The van der Waals surface area contributed by atoms with Gasteiger partial charge in [-0.1, -0.05) is 6.07 Å². The molecule has 0 radical (unpaired) electrons. The number of carbonyl (C=O) groups is 1. The molecule has 118 valence electrons. The Morgan fingerprint density at radius 2 is 2.05 bits per heavy atom. The van der Waals surface area contributed by atoms with Gasteiger partial charge in [-0.15, -0.1) is 0 Å². The number of carboxylic acid groups (broad SMARTS) is 1. The molecule has 0 bridgehead atoms. The van der Waals surface area contributed by atoms with Crippen LogP contribution >= 0.6 is 0 Å². The van der Waals surface area contributed by atoms with Crippen LogP contribution in [-0.2, 0) is 11.0 Å². The third-order valence-electron chi connectivity index (χ3n) is 2.82. The quantitative estimate of drug-likeness (QED) is 0.750. The number of alkyl halides is 3. The van der Waals surface area contributed by atoms with Crippen LogP contribution in [-0.4, -0.2) is 42.7 Å². The van der Waals surface area contributed by atoms with Crippen molar-refractivity contribution in [1.29, 1.82) is 0 Å². The highest BCUT2D eigenvalue weighted by Crippen LogP contribution is 2.31. The van der Waals surface area contributed by atoms with Gasteiger partial charge in [0.1, 0.15) is 5.75 Å². The Hall–Kier alpha value is -1.76. The zero-order valence-corrected chi connectivity index (χ0v) is 11.7. The molecule has 0 aliphatic carbocycles. The largest absolute Gasteiger partial charge is 0.494 e. The summed E-state index contributed by atoms with van der Waals surface area (Å²) in [7, 11) is 1.78. The van der Waals surface area contributed by atoms with E-state index in [0.717, 1.165) is 12.1 Å². The number of halogens is 3. The molecule has 0 saturated carbocycles. The molecule has 0 heterocycles. The van der Waals surface area contributed by atoms with Gasteiger partial charge in [0.2, 0.25) is 0 Å². The van der Waals surface area contributed by atoms with Gasteiger partial charge < -0.3 is 14.7 Å². The van der Waals surface area contributed by atoms with Crippen molar-refractivity contribution < 1.29 is 27.8 Å². The highest BCUT2D eigenvalue weighted by molar-refractivity contribution is 5.66. The van der Waals surface area contributed by atoms with E-state index in [1.807, 2.05) is 4.90 Å². The minimum absolute atomic E-state index is 0.0605. The van der Waals surface area contributed by atoms with Crippen LogP contribution in [0.3, 0.4) is 0 Å². The number of hydrogen-bond donors (Lipinski definition) is 1. The first-order chi connectivity index (χ1) is 9.79. The fourth-order valence-corrected chi connectivity index (χ4v) is 1.69. The summed E-state index contributed by atoms with van der Waals surface area (Å²) in [4.78, 5) is 12.2. The summed E-state index contributed by atoms with van der Waals surface area (Å²) >= 11 is 0. The molecule has 1 aromatic rings. The molecule has 1 aromatic carbocycles. The Bertz CT molecular complexity index is 463. The summed E-state index contributed by atoms with van der Waals surface area (Å²) in [5, 5.41) is 8.53. The summed E-state index contributed by atoms with van der Waals surface area (Å²) in [5.74, 6) is -0.680. The van der Waals surface area contributed by atoms with Crippen molar-refractivity contribution in [2.24, 2.45) is 0 Å². The van der Waals surface area contributed by atoms with Crippen LogP contribution in [0.2, 0.25) is 0 Å². The average molecular weight is 305 g/mol. The van der Waals surface area contributed by atoms with Crippen LogP contribution in [0.4, 0.5) is 13.2 Å². The summed E-state index contributed by atoms with van der Waals surface area (Å²) in [6.45, 7) is 1.32. The number of aliphatic carboxylic acids is 1. The minimum Gasteiger partial charge on any atom is -0.494 e. The minimum atomic E-state index is -4.38. The van der Waals surface area contributed by atoms with Gasteiger partial charge in [0, 0.05) is 13.1 Å². The molecule has 0 amide bonds. The molecule has 0 spiro atoms. The average Bonchev–Trinajstić information content (AvgIpc) is 2.41. The van der Waals surface area contributed by atoms with Gasteiger partial charge in [-0.05, 0) is 31.7 Å². The first-order valence-corrected chi connectivity index (χ1v) is 6.49. The van der Waals surface area contributed by atoms with Crippen LogP contribution < -0.4 is 4.74 Å². The van der Waals surface area contributed by atoms with E-state index in [2.05, 4.69) is 0 Å². The van der Waals surface area contributed by atoms with E-state index in [0.29, 0.717) is 19.5 Å². The topological polar surface area (TPSA) is 49.8 Å². The number of carboxylic acids is 1. The van der Waals surface area contributed by atoms with Gasteiger partial charge in [0.25, 0.3) is 0 Å². The Labute approximate surface area is 121 Å². The number of benzene rings is 1. The molecule has 0 saturated heterocycles. The number of ether oxygens (including phenoxy) is 1. The van der Waals surface area contributed by atoms with Gasteiger partial charge in [0.05, 0.1) is 18.6 Å². The molecule has 0 unspecified atom stereocenters. The van der Waals surface area contributed by atoms with Gasteiger partial charge >= 0.3 is 12.1 Å². The lowest BCUT2D eigenvalue weighted by Gasteiger charge is -2.15. The van der Waals surface area contributed by atoms with Crippen molar-refractivity contribution in [3.05, 3.63) is 29.8 Å². The molecule has 1 rings (SSSR count). The molecule has 0 fully saturated rings. The van der Waals surface area contributed by atoms with Crippen LogP contribution in [0.25, 0.3) is 0 Å². The molecule has 0 atom stereocenters. The van der Waals surface area contributed by atoms with Crippen molar-refractivity contribution >= 4 is 5.97 Å². The Morgan fingerprint density at radius 3 is 2.67 bits per heavy atom. The molecule has 21 heavy (non-hydrogen) atoms. The van der Waals surface area contributed by atoms with E-state index in [-0.39, 0.29) is 18.8 Å². The molecular weight excluding hydrogens is 287 g/mol. The fourth-order valence-electron chi connectivity index (χ4n) is 1.69. The Morgan fingerprint density at radius 1 is 1.33 bits per heavy atom. The van der Waals surface area contributed by atoms with Crippen molar-refractivity contribution in [1.82, 2.24) is 4.90 Å². The van der Waals surface area contributed by atoms with E-state index >= 15 is 0 Å². The fraction of sp³-hybridized carbons (Fsp3) is 0.500. The number of hydrogen-bond acceptors (Lipinski definition) is 3. The van der Waals surface area contributed by atoms with Crippen LogP contribution in [0.1, 0.15) is 18.4 Å². The maximum Gasteiger partial charge on any atom is 0.416 e. The standard InChI is InChI=1S/C14H18F3NO3/c1-18(8-6-13(19)20)7-3-9-21-12-5-2-4-11(10-12)14(15,16)17/h2,4-5,10H,3,6-9H2,1H3,(H,19,20). The third-order valence-corrected chi connectivity index (χ3v) is 2.82. The SMILES string of the molecule is CN(CCCOc1cccc(C(F)(F)F)c1)CCC(=O)O. The Kier molecular flexibility index (Phi) is 6.48. The van der Waals surface area contributed by atoms with Gasteiger partial charge in [-0.25, -0.2) is 0 Å². The zero-order chi connectivity index (χ0) is 15.9. The Balaban J connectivity index is 2.31. The zero-order valence-electron chi connectivity index (χ0n) is 11.7. The van der Waals surface area contributed by atoms with E-state index in [1.54, 1.807) is 7.05 Å². The van der Waals surface area contributed by atoms with E-state index < -0.39 is 17.7 Å². The maximum absolute atomic E-state index is 12.5. The molecule has 7 heteroatoms. The highest BCUT2D eigenvalue weighted by atomic mass is 19.4. The maximum atomic E-state index is 12.5. The van der Waals surface area contributed by atoms with Gasteiger partial charge in [-0.2, -0.15) is 13.2 Å². The predicted octanol–water partition coefficient (Wildman–Crippen LogP) is 2.88.